The highest BCUT2D eigenvalue weighted by molar-refractivity contribution is 7.18. The summed E-state index contributed by atoms with van der Waals surface area (Å²) in [6, 6.07) is 29.7. The lowest BCUT2D eigenvalue weighted by atomic mass is 10.2. The van der Waals surface area contributed by atoms with Gasteiger partial charge in [-0.15, -0.1) is 0 Å². The Bertz CT molecular complexity index is 1070. The van der Waals surface area contributed by atoms with Crippen LogP contribution in [-0.2, 0) is 6.54 Å². The van der Waals surface area contributed by atoms with E-state index in [4.69, 9.17) is 15.3 Å². The van der Waals surface area contributed by atoms with E-state index in [0.29, 0.717) is 0 Å². The highest BCUT2D eigenvalue weighted by Gasteiger charge is 2.18. The Balaban J connectivity index is 0.000000516. The first-order valence-corrected chi connectivity index (χ1v) is 9.45. The fourth-order valence-corrected chi connectivity index (χ4v) is 3.90. The summed E-state index contributed by atoms with van der Waals surface area (Å²) in [4.78, 5) is 8.25. The Labute approximate surface area is 166 Å². The van der Waals surface area contributed by atoms with Crippen LogP contribution in [0.5, 0.6) is 0 Å². The van der Waals surface area contributed by atoms with E-state index >= 15 is 0 Å². The van der Waals surface area contributed by atoms with Crippen molar-refractivity contribution in [1.82, 2.24) is 0 Å². The Morgan fingerprint density at radius 1 is 0.821 bits per heavy atom. The van der Waals surface area contributed by atoms with Crippen LogP contribution in [-0.4, -0.2) is 5.09 Å². The van der Waals surface area contributed by atoms with Gasteiger partial charge in [-0.25, -0.2) is 0 Å². The van der Waals surface area contributed by atoms with Gasteiger partial charge in [-0.3, -0.25) is 0 Å². The molecule has 0 aliphatic carbocycles. The molecule has 0 radical (unpaired) electrons. The topological polar surface area (TPSA) is 70.1 Å². The van der Waals surface area contributed by atoms with Crippen molar-refractivity contribution in [3.63, 3.8) is 0 Å². The summed E-state index contributed by atoms with van der Waals surface area (Å²) < 4.78 is 3.72. The summed E-state index contributed by atoms with van der Waals surface area (Å²) in [6.07, 6.45) is 4.41. The molecule has 6 heteroatoms. The van der Waals surface area contributed by atoms with Crippen LogP contribution in [0.25, 0.3) is 22.4 Å². The van der Waals surface area contributed by atoms with Crippen LogP contribution in [0.3, 0.4) is 0 Å². The van der Waals surface area contributed by atoms with Gasteiger partial charge in [0.1, 0.15) is 4.70 Å². The molecule has 0 unspecified atom stereocenters. The number of thiazole rings is 1. The minimum absolute atomic E-state index is 0.888. The molecule has 0 saturated carbocycles. The molecule has 1 aromatic heterocycles. The van der Waals surface area contributed by atoms with Crippen molar-refractivity contribution in [3.8, 4) is 0 Å². The van der Waals surface area contributed by atoms with Gasteiger partial charge in [0.25, 0.3) is 5.01 Å². The summed E-state index contributed by atoms with van der Waals surface area (Å²) in [7, 11) is 0. The molecule has 140 valence electrons. The van der Waals surface area contributed by atoms with Crippen LogP contribution >= 0.6 is 11.3 Å². The van der Waals surface area contributed by atoms with Crippen molar-refractivity contribution in [2.24, 2.45) is 0 Å². The molecule has 28 heavy (non-hydrogen) atoms. The highest BCUT2D eigenvalue weighted by atomic mass is 32.1. The molecular weight excluding hydrogens is 372 g/mol. The first-order chi connectivity index (χ1) is 13.6. The number of fused-ring (bicyclic) bond motifs is 1. The summed E-state index contributed by atoms with van der Waals surface area (Å²) >= 11 is 1.84. The van der Waals surface area contributed by atoms with Crippen LogP contribution in [0.2, 0.25) is 0 Å². The van der Waals surface area contributed by atoms with Gasteiger partial charge in [0, 0.05) is 17.7 Å². The molecule has 0 aliphatic rings. The maximum Gasteiger partial charge on any atom is 0.263 e. The monoisotopic (exact) mass is 390 g/mol. The van der Waals surface area contributed by atoms with Gasteiger partial charge in [-0.2, -0.15) is 4.57 Å². The Hall–Kier alpha value is -3.51. The van der Waals surface area contributed by atoms with E-state index in [1.54, 1.807) is 0 Å². The van der Waals surface area contributed by atoms with E-state index in [9.17, 15) is 0 Å². The SMILES string of the molecule is C(=Cc1sc2ccccc2[n+]1Cc1ccccc1)c1ccccc1.O=[N+]([O-])[O-]. The zero-order valence-electron chi connectivity index (χ0n) is 15.0. The van der Waals surface area contributed by atoms with Crippen molar-refractivity contribution in [3.05, 3.63) is 116 Å². The molecule has 4 rings (SSSR count). The van der Waals surface area contributed by atoms with E-state index in [2.05, 4.69) is 95.6 Å². The molecule has 0 N–H and O–H groups in total. The fourth-order valence-electron chi connectivity index (χ4n) is 2.84. The van der Waals surface area contributed by atoms with Gasteiger partial charge in [0.05, 0.1) is 5.09 Å². The molecule has 0 saturated heterocycles. The molecule has 0 atom stereocenters. The standard InChI is InChI=1S/C22H18NS.NO3/c1-3-9-18(10-4-1)15-16-22-23(17-19-11-5-2-6-12-19)20-13-7-8-14-21(20)24-22;2-1(3)4/h1-16H,17H2;/q+1;-1. The zero-order chi connectivity index (χ0) is 19.8. The van der Waals surface area contributed by atoms with Gasteiger partial charge in [0.2, 0.25) is 5.52 Å². The van der Waals surface area contributed by atoms with Gasteiger partial charge in [-0.1, -0.05) is 84.1 Å². The number of aromatic nitrogens is 1. The average molecular weight is 390 g/mol. The summed E-state index contributed by atoms with van der Waals surface area (Å²) in [5, 5.41) is 16.0. The van der Waals surface area contributed by atoms with E-state index in [1.807, 2.05) is 17.4 Å². The molecule has 0 amide bonds. The first kappa shape index (κ1) is 19.3. The van der Waals surface area contributed by atoms with E-state index < -0.39 is 5.09 Å². The zero-order valence-corrected chi connectivity index (χ0v) is 15.8. The maximum absolute atomic E-state index is 8.25. The molecule has 1 heterocycles. The third kappa shape index (κ3) is 5.25. The highest BCUT2D eigenvalue weighted by Crippen LogP contribution is 2.22. The lowest BCUT2D eigenvalue weighted by Crippen LogP contribution is -2.35. The van der Waals surface area contributed by atoms with Crippen molar-refractivity contribution < 1.29 is 9.65 Å². The minimum Gasteiger partial charge on any atom is -0.356 e. The van der Waals surface area contributed by atoms with E-state index in [-0.39, 0.29) is 0 Å². The van der Waals surface area contributed by atoms with Crippen LogP contribution < -0.4 is 4.57 Å². The number of benzene rings is 3. The van der Waals surface area contributed by atoms with E-state index in [0.717, 1.165) is 6.54 Å². The third-order valence-corrected chi connectivity index (χ3v) is 5.17. The molecule has 0 fully saturated rings. The molecule has 0 spiro atoms. The Kier molecular flexibility index (Phi) is 6.49. The van der Waals surface area contributed by atoms with Crippen molar-refractivity contribution in [2.45, 2.75) is 6.54 Å². The molecule has 3 aromatic carbocycles. The maximum atomic E-state index is 8.25. The first-order valence-electron chi connectivity index (χ1n) is 8.63. The fraction of sp³-hybridized carbons (Fsp3) is 0.0455. The van der Waals surface area contributed by atoms with Crippen LogP contribution in [0.15, 0.2) is 84.9 Å². The molecular formula is C22H18N2O3S. The molecule has 0 aliphatic heterocycles. The molecule has 0 bridgehead atoms. The number of hydrogen-bond donors (Lipinski definition) is 0. The minimum atomic E-state index is -1.75. The lowest BCUT2D eigenvalue weighted by Gasteiger charge is -1.98. The average Bonchev–Trinajstić information content (AvgIpc) is 3.05. The normalized spacial score (nSPS) is 10.6. The van der Waals surface area contributed by atoms with Gasteiger partial charge in [-0.05, 0) is 17.7 Å². The molecule has 5 nitrogen and oxygen atoms in total. The lowest BCUT2D eigenvalue weighted by molar-refractivity contribution is -0.659. The van der Waals surface area contributed by atoms with Crippen molar-refractivity contribution in [2.75, 3.05) is 0 Å². The van der Waals surface area contributed by atoms with Crippen LogP contribution in [0.1, 0.15) is 16.1 Å². The summed E-state index contributed by atoms with van der Waals surface area (Å²) in [5.74, 6) is 0. The Morgan fingerprint density at radius 3 is 2.07 bits per heavy atom. The summed E-state index contributed by atoms with van der Waals surface area (Å²) in [5.41, 5.74) is 3.83. The number of hydrogen-bond acceptors (Lipinski definition) is 4. The predicted molar refractivity (Wildman–Crippen MR) is 113 cm³/mol. The van der Waals surface area contributed by atoms with Gasteiger partial charge >= 0.3 is 0 Å². The second-order valence-electron chi connectivity index (χ2n) is 5.95. The summed E-state index contributed by atoms with van der Waals surface area (Å²) in [6.45, 7) is 0.888. The second-order valence-corrected chi connectivity index (χ2v) is 7.01. The smallest absolute Gasteiger partial charge is 0.263 e. The second kappa shape index (κ2) is 9.43. The van der Waals surface area contributed by atoms with Gasteiger partial charge in [0.15, 0.2) is 6.54 Å². The van der Waals surface area contributed by atoms with Crippen molar-refractivity contribution >= 4 is 33.7 Å². The molecule has 4 aromatic rings. The number of nitrogens with zero attached hydrogens (tertiary/aromatic N) is 2. The quantitative estimate of drug-likeness (QED) is 0.274. The van der Waals surface area contributed by atoms with E-state index in [1.165, 1.54) is 26.4 Å². The van der Waals surface area contributed by atoms with Gasteiger partial charge < -0.3 is 15.3 Å². The third-order valence-electron chi connectivity index (χ3n) is 4.04. The van der Waals surface area contributed by atoms with Crippen molar-refractivity contribution in [1.29, 1.82) is 0 Å². The van der Waals surface area contributed by atoms with Crippen LogP contribution in [0, 0.1) is 15.3 Å². The number of rotatable bonds is 4. The van der Waals surface area contributed by atoms with Crippen LogP contribution in [0.4, 0.5) is 0 Å². The largest absolute Gasteiger partial charge is 0.356 e. The predicted octanol–water partition coefficient (Wildman–Crippen LogP) is 5.17. The Morgan fingerprint density at radius 2 is 1.39 bits per heavy atom. The number of para-hydroxylation sites is 1.